The summed E-state index contributed by atoms with van der Waals surface area (Å²) in [7, 11) is 0. The average molecular weight is 357 g/mol. The first-order chi connectivity index (χ1) is 7.50. The Morgan fingerprint density at radius 3 is 2.56 bits per heavy atom. The van der Waals surface area contributed by atoms with Gasteiger partial charge in [0.05, 0.1) is 19.9 Å². The van der Waals surface area contributed by atoms with E-state index in [4.69, 9.17) is 28.9 Å². The van der Waals surface area contributed by atoms with Gasteiger partial charge < -0.3 is 5.73 Å². The molecule has 0 aromatic carbocycles. The monoisotopic (exact) mass is 355 g/mol. The Kier molecular flexibility index (Phi) is 3.99. The first-order valence-corrected chi connectivity index (χ1v) is 7.69. The summed E-state index contributed by atoms with van der Waals surface area (Å²) < 4.78 is 0.906. The van der Waals surface area contributed by atoms with Crippen molar-refractivity contribution in [3.63, 3.8) is 0 Å². The second-order valence-electron chi connectivity index (χ2n) is 3.35. The lowest BCUT2D eigenvalue weighted by molar-refractivity contribution is 0.916. The van der Waals surface area contributed by atoms with Gasteiger partial charge in [0.1, 0.15) is 0 Å². The van der Waals surface area contributed by atoms with Crippen LogP contribution in [0.2, 0.25) is 10.0 Å². The highest BCUT2D eigenvalue weighted by molar-refractivity contribution is 9.11. The van der Waals surface area contributed by atoms with Crippen LogP contribution in [0.15, 0.2) is 15.2 Å². The highest BCUT2D eigenvalue weighted by atomic mass is 79.9. The van der Waals surface area contributed by atoms with Gasteiger partial charge in [0.25, 0.3) is 0 Å². The molecule has 0 aliphatic carbocycles. The first kappa shape index (κ1) is 12.9. The molecule has 2 N–H and O–H groups in total. The molecule has 0 aliphatic heterocycles. The Labute approximate surface area is 120 Å². The van der Waals surface area contributed by atoms with Crippen LogP contribution < -0.4 is 5.73 Å². The third-order valence-electron chi connectivity index (χ3n) is 2.18. The average Bonchev–Trinajstić information content (AvgIpc) is 2.73. The van der Waals surface area contributed by atoms with Gasteiger partial charge in [0.15, 0.2) is 0 Å². The summed E-state index contributed by atoms with van der Waals surface area (Å²) in [6.45, 7) is 1.98. The van der Waals surface area contributed by atoms with Crippen LogP contribution in [0.1, 0.15) is 21.4 Å². The summed E-state index contributed by atoms with van der Waals surface area (Å²) in [4.78, 5) is 2.00. The topological polar surface area (TPSA) is 26.0 Å². The molecule has 2 aromatic rings. The zero-order valence-electron chi connectivity index (χ0n) is 8.26. The maximum atomic E-state index is 6.19. The quantitative estimate of drug-likeness (QED) is 0.782. The summed E-state index contributed by atoms with van der Waals surface area (Å²) in [6.07, 6.45) is 0. The van der Waals surface area contributed by atoms with Gasteiger partial charge in [-0.2, -0.15) is 0 Å². The molecule has 2 heterocycles. The molecule has 2 aromatic heterocycles. The molecular formula is C10H8BrCl2NS2. The Hall–Kier alpha value is 0.420. The van der Waals surface area contributed by atoms with Gasteiger partial charge in [-0.15, -0.1) is 22.7 Å². The molecule has 1 nitrogen and oxygen atoms in total. The van der Waals surface area contributed by atoms with Gasteiger partial charge in [-0.3, -0.25) is 0 Å². The summed E-state index contributed by atoms with van der Waals surface area (Å²) in [5.41, 5.74) is 7.24. The SMILES string of the molecule is Cc1csc(C(N)c2cc(Cl)c(Br)s2)c1Cl. The zero-order valence-corrected chi connectivity index (χ0v) is 13.0. The predicted molar refractivity (Wildman–Crippen MR) is 77.1 cm³/mol. The lowest BCUT2D eigenvalue weighted by atomic mass is 10.2. The van der Waals surface area contributed by atoms with Crippen molar-refractivity contribution < 1.29 is 0 Å². The highest BCUT2D eigenvalue weighted by Crippen LogP contribution is 2.40. The Morgan fingerprint density at radius 2 is 2.12 bits per heavy atom. The number of thiophene rings is 2. The second-order valence-corrected chi connectivity index (χ2v) is 7.44. The van der Waals surface area contributed by atoms with Crippen LogP contribution in [0.5, 0.6) is 0 Å². The molecule has 0 radical (unpaired) electrons. The smallest absolute Gasteiger partial charge is 0.0888 e. The minimum Gasteiger partial charge on any atom is -0.319 e. The molecule has 0 saturated carbocycles. The van der Waals surface area contributed by atoms with E-state index in [1.807, 2.05) is 18.4 Å². The Bertz CT molecular complexity index is 501. The van der Waals surface area contributed by atoms with E-state index < -0.39 is 0 Å². The largest absolute Gasteiger partial charge is 0.319 e. The highest BCUT2D eigenvalue weighted by Gasteiger charge is 2.19. The van der Waals surface area contributed by atoms with E-state index in [1.165, 1.54) is 0 Å². The lowest BCUT2D eigenvalue weighted by Crippen LogP contribution is -2.08. The van der Waals surface area contributed by atoms with Crippen molar-refractivity contribution in [2.75, 3.05) is 0 Å². The molecule has 0 fully saturated rings. The molecule has 0 aliphatic rings. The molecule has 0 spiro atoms. The third kappa shape index (κ3) is 2.33. The van der Waals surface area contributed by atoms with E-state index in [2.05, 4.69) is 15.9 Å². The molecule has 0 bridgehead atoms. The van der Waals surface area contributed by atoms with Gasteiger partial charge in [-0.25, -0.2) is 0 Å². The van der Waals surface area contributed by atoms with Crippen LogP contribution in [0.3, 0.4) is 0 Å². The molecule has 0 saturated heterocycles. The number of hydrogen-bond donors (Lipinski definition) is 1. The maximum absolute atomic E-state index is 6.19. The summed E-state index contributed by atoms with van der Waals surface area (Å²) in [5, 5.41) is 3.47. The van der Waals surface area contributed by atoms with Crippen molar-refractivity contribution in [3.8, 4) is 0 Å². The van der Waals surface area contributed by atoms with Crippen LogP contribution in [-0.4, -0.2) is 0 Å². The molecule has 86 valence electrons. The number of nitrogens with two attached hydrogens (primary N) is 1. The van der Waals surface area contributed by atoms with E-state index in [0.29, 0.717) is 5.02 Å². The van der Waals surface area contributed by atoms with E-state index in [-0.39, 0.29) is 6.04 Å². The minimum absolute atomic E-state index is 0.194. The molecule has 16 heavy (non-hydrogen) atoms. The number of rotatable bonds is 2. The van der Waals surface area contributed by atoms with Gasteiger partial charge in [0.2, 0.25) is 0 Å². The summed E-state index contributed by atoms with van der Waals surface area (Å²) >= 11 is 18.7. The Morgan fingerprint density at radius 1 is 1.44 bits per heavy atom. The van der Waals surface area contributed by atoms with E-state index in [9.17, 15) is 0 Å². The van der Waals surface area contributed by atoms with Crippen LogP contribution in [0.25, 0.3) is 0 Å². The second kappa shape index (κ2) is 4.96. The Balaban J connectivity index is 2.38. The van der Waals surface area contributed by atoms with Crippen molar-refractivity contribution in [1.29, 1.82) is 0 Å². The van der Waals surface area contributed by atoms with Gasteiger partial charge in [0, 0.05) is 9.75 Å². The van der Waals surface area contributed by atoms with Crippen LogP contribution in [-0.2, 0) is 0 Å². The molecule has 1 atom stereocenters. The standard InChI is InChI=1S/C10H8BrCl2NS2/c1-4-3-15-9(7(4)13)8(14)6-2-5(12)10(11)16-6/h2-3,8H,14H2,1H3. The molecular weight excluding hydrogens is 349 g/mol. The van der Waals surface area contributed by atoms with Gasteiger partial charge in [-0.1, -0.05) is 23.2 Å². The maximum Gasteiger partial charge on any atom is 0.0888 e. The van der Waals surface area contributed by atoms with Crippen molar-refractivity contribution in [2.45, 2.75) is 13.0 Å². The zero-order chi connectivity index (χ0) is 11.9. The third-order valence-corrected chi connectivity index (χ3v) is 6.53. The normalized spacial score (nSPS) is 13.1. The predicted octanol–water partition coefficient (Wildman–Crippen LogP) is 5.24. The van der Waals surface area contributed by atoms with E-state index in [1.54, 1.807) is 22.7 Å². The molecule has 0 amide bonds. The number of aryl methyl sites for hydroxylation is 1. The number of halogens is 3. The summed E-state index contributed by atoms with van der Waals surface area (Å²) in [6, 6.07) is 1.69. The number of hydrogen-bond acceptors (Lipinski definition) is 3. The summed E-state index contributed by atoms with van der Waals surface area (Å²) in [5.74, 6) is 0. The fourth-order valence-electron chi connectivity index (χ4n) is 1.31. The van der Waals surface area contributed by atoms with Gasteiger partial charge >= 0.3 is 0 Å². The van der Waals surface area contributed by atoms with E-state index in [0.717, 1.165) is 24.1 Å². The molecule has 1 unspecified atom stereocenters. The van der Waals surface area contributed by atoms with Crippen molar-refractivity contribution in [1.82, 2.24) is 0 Å². The molecule has 6 heteroatoms. The van der Waals surface area contributed by atoms with Crippen LogP contribution in [0.4, 0.5) is 0 Å². The van der Waals surface area contributed by atoms with Crippen molar-refractivity contribution in [3.05, 3.63) is 40.6 Å². The van der Waals surface area contributed by atoms with E-state index >= 15 is 0 Å². The fraction of sp³-hybridized carbons (Fsp3) is 0.200. The lowest BCUT2D eigenvalue weighted by Gasteiger charge is -2.07. The first-order valence-electron chi connectivity index (χ1n) is 4.44. The van der Waals surface area contributed by atoms with Crippen molar-refractivity contribution in [2.24, 2.45) is 5.73 Å². The van der Waals surface area contributed by atoms with Crippen LogP contribution >= 0.6 is 61.8 Å². The van der Waals surface area contributed by atoms with Gasteiger partial charge in [-0.05, 0) is 39.9 Å². The molecule has 2 rings (SSSR count). The van der Waals surface area contributed by atoms with Crippen LogP contribution in [0, 0.1) is 6.92 Å². The minimum atomic E-state index is -0.194. The van der Waals surface area contributed by atoms with Crippen molar-refractivity contribution >= 4 is 61.8 Å². The fourth-order valence-corrected chi connectivity index (χ4v) is 4.47.